The molecule has 0 aliphatic carbocycles. The van der Waals surface area contributed by atoms with Crippen molar-refractivity contribution in [3.05, 3.63) is 53.7 Å². The van der Waals surface area contributed by atoms with Crippen molar-refractivity contribution in [2.75, 3.05) is 18.8 Å². The number of hydrogen-bond donors (Lipinski definition) is 1. The van der Waals surface area contributed by atoms with Crippen molar-refractivity contribution in [2.24, 2.45) is 0 Å². The summed E-state index contributed by atoms with van der Waals surface area (Å²) in [7, 11) is 0. The lowest BCUT2D eigenvalue weighted by Crippen LogP contribution is -2.39. The van der Waals surface area contributed by atoms with Crippen molar-refractivity contribution in [3.63, 3.8) is 0 Å². The zero-order valence-corrected chi connectivity index (χ0v) is 15.2. The first-order valence-corrected chi connectivity index (χ1v) is 9.05. The van der Waals surface area contributed by atoms with E-state index in [0.29, 0.717) is 18.9 Å². The van der Waals surface area contributed by atoms with Crippen LogP contribution < -0.4 is 5.73 Å². The molecule has 0 saturated carbocycles. The molecule has 1 amide bonds. The third kappa shape index (κ3) is 3.42. The van der Waals surface area contributed by atoms with E-state index in [1.807, 2.05) is 37.3 Å². The maximum Gasteiger partial charge on any atom is 0.410 e. The summed E-state index contributed by atoms with van der Waals surface area (Å²) >= 11 is 0. The number of benzene rings is 1. The molecule has 2 aromatic heterocycles. The second kappa shape index (κ2) is 7.22. The molecule has 1 aromatic carbocycles. The van der Waals surface area contributed by atoms with E-state index in [4.69, 9.17) is 10.5 Å². The molecule has 0 bridgehead atoms. The number of rotatable bonds is 3. The Morgan fingerprint density at radius 2 is 2.15 bits per heavy atom. The Morgan fingerprint density at radius 3 is 2.96 bits per heavy atom. The molecule has 2 N–H and O–H groups in total. The molecular formula is C19H22N6O2. The molecule has 4 rings (SSSR count). The molecule has 1 aliphatic heterocycles. The molecule has 1 saturated heterocycles. The molecule has 1 fully saturated rings. The third-order valence-electron chi connectivity index (χ3n) is 4.91. The summed E-state index contributed by atoms with van der Waals surface area (Å²) in [5, 5.41) is 4.31. The van der Waals surface area contributed by atoms with Gasteiger partial charge in [0, 0.05) is 19.0 Å². The van der Waals surface area contributed by atoms with Crippen molar-refractivity contribution < 1.29 is 9.53 Å². The van der Waals surface area contributed by atoms with Crippen molar-refractivity contribution in [1.29, 1.82) is 0 Å². The molecule has 8 heteroatoms. The predicted molar refractivity (Wildman–Crippen MR) is 100 cm³/mol. The van der Waals surface area contributed by atoms with E-state index in [1.165, 1.54) is 6.33 Å². The first-order valence-electron chi connectivity index (χ1n) is 9.05. The Morgan fingerprint density at radius 1 is 1.33 bits per heavy atom. The summed E-state index contributed by atoms with van der Waals surface area (Å²) in [6.07, 6.45) is 2.96. The highest BCUT2D eigenvalue weighted by atomic mass is 16.6. The van der Waals surface area contributed by atoms with Crippen LogP contribution in [-0.2, 0) is 11.3 Å². The molecule has 3 heterocycles. The average molecular weight is 366 g/mol. The molecule has 3 aromatic rings. The second-order valence-corrected chi connectivity index (χ2v) is 6.79. The van der Waals surface area contributed by atoms with E-state index in [9.17, 15) is 4.79 Å². The molecule has 27 heavy (non-hydrogen) atoms. The molecular weight excluding hydrogens is 344 g/mol. The Bertz CT molecular complexity index is 955. The Hall–Kier alpha value is -3.16. The molecule has 0 spiro atoms. The minimum atomic E-state index is -0.296. The van der Waals surface area contributed by atoms with Crippen LogP contribution in [0.25, 0.3) is 5.52 Å². The number of likely N-dealkylation sites (tertiary alicyclic amines) is 1. The van der Waals surface area contributed by atoms with E-state index in [-0.39, 0.29) is 18.6 Å². The van der Waals surface area contributed by atoms with E-state index < -0.39 is 0 Å². The third-order valence-corrected chi connectivity index (χ3v) is 4.91. The zero-order valence-electron chi connectivity index (χ0n) is 15.2. The number of nitrogens with zero attached hydrogens (tertiary/aromatic N) is 5. The van der Waals surface area contributed by atoms with Crippen LogP contribution in [0.5, 0.6) is 0 Å². The van der Waals surface area contributed by atoms with E-state index in [0.717, 1.165) is 35.4 Å². The van der Waals surface area contributed by atoms with Gasteiger partial charge in [-0.25, -0.2) is 19.3 Å². The standard InChI is InChI=1S/C19H22N6O2/c1-13-16-17(20)21-12-22-25(16)18(23-13)15-8-5-9-24(10-15)19(26)27-11-14-6-3-2-4-7-14/h2-4,6-7,12,15H,5,8-11H2,1H3,(H2,20,21,22). The normalized spacial score (nSPS) is 17.2. The second-order valence-electron chi connectivity index (χ2n) is 6.79. The Balaban J connectivity index is 1.48. The SMILES string of the molecule is Cc1nc(C2CCCN(C(=O)OCc3ccccc3)C2)n2ncnc(N)c12. The van der Waals surface area contributed by atoms with Gasteiger partial charge in [0.05, 0.1) is 5.69 Å². The number of ether oxygens (including phenoxy) is 1. The largest absolute Gasteiger partial charge is 0.445 e. The highest BCUT2D eigenvalue weighted by Crippen LogP contribution is 2.29. The predicted octanol–water partition coefficient (Wildman–Crippen LogP) is 2.53. The van der Waals surface area contributed by atoms with Crippen LogP contribution in [0.3, 0.4) is 0 Å². The van der Waals surface area contributed by atoms with Crippen molar-refractivity contribution in [3.8, 4) is 0 Å². The summed E-state index contributed by atoms with van der Waals surface area (Å²) in [5.74, 6) is 1.31. The number of carbonyl (C=O) groups is 1. The lowest BCUT2D eigenvalue weighted by Gasteiger charge is -2.31. The summed E-state index contributed by atoms with van der Waals surface area (Å²) < 4.78 is 7.23. The molecule has 8 nitrogen and oxygen atoms in total. The summed E-state index contributed by atoms with van der Waals surface area (Å²) in [5.41, 5.74) is 8.48. The first kappa shape index (κ1) is 17.3. The fourth-order valence-corrected chi connectivity index (χ4v) is 3.58. The number of anilines is 1. The number of amides is 1. The number of hydrogen-bond acceptors (Lipinski definition) is 6. The maximum absolute atomic E-state index is 12.5. The van der Waals surface area contributed by atoms with Gasteiger partial charge < -0.3 is 15.4 Å². The highest BCUT2D eigenvalue weighted by molar-refractivity contribution is 5.69. The lowest BCUT2D eigenvalue weighted by molar-refractivity contribution is 0.0852. The number of carbonyl (C=O) groups excluding carboxylic acids is 1. The van der Waals surface area contributed by atoms with Crippen LogP contribution in [0.2, 0.25) is 0 Å². The van der Waals surface area contributed by atoms with Gasteiger partial charge in [0.2, 0.25) is 0 Å². The van der Waals surface area contributed by atoms with E-state index >= 15 is 0 Å². The van der Waals surface area contributed by atoms with Gasteiger partial charge >= 0.3 is 6.09 Å². The van der Waals surface area contributed by atoms with Crippen LogP contribution in [0.4, 0.5) is 10.6 Å². The molecule has 1 aliphatic rings. The van der Waals surface area contributed by atoms with Gasteiger partial charge in [-0.15, -0.1) is 0 Å². The van der Waals surface area contributed by atoms with Gasteiger partial charge in [-0.2, -0.15) is 5.10 Å². The fraction of sp³-hybridized carbons (Fsp3) is 0.368. The molecule has 140 valence electrons. The molecule has 0 radical (unpaired) electrons. The number of aromatic nitrogens is 4. The van der Waals surface area contributed by atoms with Crippen LogP contribution in [-0.4, -0.2) is 43.7 Å². The summed E-state index contributed by atoms with van der Waals surface area (Å²) in [4.78, 5) is 23.0. The lowest BCUT2D eigenvalue weighted by atomic mass is 9.98. The fourth-order valence-electron chi connectivity index (χ4n) is 3.58. The molecule has 1 atom stereocenters. The maximum atomic E-state index is 12.5. The number of piperidine rings is 1. The van der Waals surface area contributed by atoms with Gasteiger partial charge in [-0.1, -0.05) is 30.3 Å². The van der Waals surface area contributed by atoms with Gasteiger partial charge in [-0.3, -0.25) is 0 Å². The molecule has 1 unspecified atom stereocenters. The number of aryl methyl sites for hydroxylation is 1. The minimum Gasteiger partial charge on any atom is -0.445 e. The van der Waals surface area contributed by atoms with Crippen LogP contribution in [0.15, 0.2) is 36.7 Å². The number of imidazole rings is 1. The number of nitrogen functional groups attached to an aromatic ring is 1. The monoisotopic (exact) mass is 366 g/mol. The van der Waals surface area contributed by atoms with Gasteiger partial charge in [-0.05, 0) is 25.3 Å². The Kier molecular flexibility index (Phi) is 4.62. The van der Waals surface area contributed by atoms with E-state index in [1.54, 1.807) is 9.42 Å². The van der Waals surface area contributed by atoms with Gasteiger partial charge in [0.1, 0.15) is 24.3 Å². The quantitative estimate of drug-likeness (QED) is 0.765. The highest BCUT2D eigenvalue weighted by Gasteiger charge is 2.29. The van der Waals surface area contributed by atoms with Crippen LogP contribution in [0, 0.1) is 6.92 Å². The minimum absolute atomic E-state index is 0.0820. The first-order chi connectivity index (χ1) is 13.1. The van der Waals surface area contributed by atoms with Crippen LogP contribution >= 0.6 is 0 Å². The summed E-state index contributed by atoms with van der Waals surface area (Å²) in [6, 6.07) is 9.68. The number of fused-ring (bicyclic) bond motifs is 1. The van der Waals surface area contributed by atoms with Gasteiger partial charge in [0.15, 0.2) is 5.82 Å². The average Bonchev–Trinajstić information content (AvgIpc) is 3.05. The van der Waals surface area contributed by atoms with Crippen molar-refractivity contribution >= 4 is 17.4 Å². The summed E-state index contributed by atoms with van der Waals surface area (Å²) in [6.45, 7) is 3.41. The van der Waals surface area contributed by atoms with Crippen molar-refractivity contribution in [1.82, 2.24) is 24.5 Å². The number of nitrogens with two attached hydrogens (primary N) is 1. The zero-order chi connectivity index (χ0) is 18.8. The topological polar surface area (TPSA) is 98.6 Å². The van der Waals surface area contributed by atoms with Crippen LogP contribution in [0.1, 0.15) is 35.8 Å². The van der Waals surface area contributed by atoms with E-state index in [2.05, 4.69) is 15.1 Å². The Labute approximate surface area is 157 Å². The van der Waals surface area contributed by atoms with Gasteiger partial charge in [0.25, 0.3) is 0 Å². The smallest absolute Gasteiger partial charge is 0.410 e. The van der Waals surface area contributed by atoms with Crippen molar-refractivity contribution in [2.45, 2.75) is 32.3 Å².